The van der Waals surface area contributed by atoms with Gasteiger partial charge in [0.1, 0.15) is 0 Å². The van der Waals surface area contributed by atoms with Crippen molar-refractivity contribution in [1.82, 2.24) is 0 Å². The van der Waals surface area contributed by atoms with Gasteiger partial charge < -0.3 is 5.73 Å². The highest BCUT2D eigenvalue weighted by Gasteiger charge is 2.24. The van der Waals surface area contributed by atoms with Crippen molar-refractivity contribution in [2.45, 2.75) is 31.7 Å². The minimum absolute atomic E-state index is 0.186. The van der Waals surface area contributed by atoms with Gasteiger partial charge in [0.25, 0.3) is 0 Å². The summed E-state index contributed by atoms with van der Waals surface area (Å²) >= 11 is 0. The minimum atomic E-state index is -0.424. The lowest BCUT2D eigenvalue weighted by Crippen LogP contribution is -2.25. The summed E-state index contributed by atoms with van der Waals surface area (Å²) in [6.07, 6.45) is 4.34. The van der Waals surface area contributed by atoms with Gasteiger partial charge in [-0.1, -0.05) is 49.6 Å². The average Bonchev–Trinajstić information content (AvgIpc) is 2.23. The van der Waals surface area contributed by atoms with E-state index in [-0.39, 0.29) is 5.78 Å². The van der Waals surface area contributed by atoms with Crippen LogP contribution in [0, 0.1) is 5.92 Å². The highest BCUT2D eigenvalue weighted by Crippen LogP contribution is 2.31. The molecule has 1 aromatic carbocycles. The SMILES string of the molecule is NC(C(=O)CC1CCC1)c1ccccc1. The Morgan fingerprint density at radius 2 is 2.00 bits per heavy atom. The molecular formula is C13H17NO. The van der Waals surface area contributed by atoms with Gasteiger partial charge in [0.2, 0.25) is 0 Å². The van der Waals surface area contributed by atoms with Crippen molar-refractivity contribution in [2.24, 2.45) is 11.7 Å². The maximum absolute atomic E-state index is 11.8. The molecule has 0 aliphatic heterocycles. The maximum atomic E-state index is 11.8. The van der Waals surface area contributed by atoms with Crippen LogP contribution in [0.5, 0.6) is 0 Å². The molecule has 2 nitrogen and oxygen atoms in total. The van der Waals surface area contributed by atoms with E-state index in [0.717, 1.165) is 5.56 Å². The molecule has 0 amide bonds. The van der Waals surface area contributed by atoms with Crippen LogP contribution < -0.4 is 5.73 Å². The third-order valence-electron chi connectivity index (χ3n) is 3.22. The zero-order valence-corrected chi connectivity index (χ0v) is 8.86. The molecule has 0 saturated heterocycles. The van der Waals surface area contributed by atoms with Crippen LogP contribution in [-0.2, 0) is 4.79 Å². The number of carbonyl (C=O) groups excluding carboxylic acids is 1. The smallest absolute Gasteiger partial charge is 0.154 e. The Balaban J connectivity index is 1.94. The van der Waals surface area contributed by atoms with Crippen molar-refractivity contribution in [1.29, 1.82) is 0 Å². The standard InChI is InChI=1S/C13H17NO/c14-13(11-7-2-1-3-8-11)12(15)9-10-5-4-6-10/h1-3,7-8,10,13H,4-6,9,14H2. The zero-order valence-electron chi connectivity index (χ0n) is 8.86. The monoisotopic (exact) mass is 203 g/mol. The van der Waals surface area contributed by atoms with Crippen LogP contribution >= 0.6 is 0 Å². The van der Waals surface area contributed by atoms with E-state index in [1.807, 2.05) is 30.3 Å². The first-order valence-corrected chi connectivity index (χ1v) is 5.60. The van der Waals surface area contributed by atoms with Crippen molar-refractivity contribution in [3.05, 3.63) is 35.9 Å². The molecule has 0 aromatic heterocycles. The van der Waals surface area contributed by atoms with Crippen molar-refractivity contribution in [3.8, 4) is 0 Å². The summed E-state index contributed by atoms with van der Waals surface area (Å²) in [5.41, 5.74) is 6.85. The molecule has 1 aliphatic carbocycles. The first kappa shape index (κ1) is 10.4. The van der Waals surface area contributed by atoms with Gasteiger partial charge in [0, 0.05) is 6.42 Å². The zero-order chi connectivity index (χ0) is 10.7. The Bertz CT molecular complexity index is 330. The number of rotatable bonds is 4. The summed E-state index contributed by atoms with van der Waals surface area (Å²) in [6, 6.07) is 9.20. The fraction of sp³-hybridized carbons (Fsp3) is 0.462. The van der Waals surface area contributed by atoms with Gasteiger partial charge >= 0.3 is 0 Å². The summed E-state index contributed by atoms with van der Waals surface area (Å²) in [7, 11) is 0. The third-order valence-corrected chi connectivity index (χ3v) is 3.22. The van der Waals surface area contributed by atoms with E-state index in [2.05, 4.69) is 0 Å². The maximum Gasteiger partial charge on any atom is 0.154 e. The number of nitrogens with two attached hydrogens (primary N) is 1. The molecule has 1 fully saturated rings. The summed E-state index contributed by atoms with van der Waals surface area (Å²) < 4.78 is 0. The third kappa shape index (κ3) is 2.45. The van der Waals surface area contributed by atoms with Gasteiger partial charge in [-0.05, 0) is 11.5 Å². The van der Waals surface area contributed by atoms with Gasteiger partial charge in [-0.3, -0.25) is 4.79 Å². The Morgan fingerprint density at radius 1 is 1.33 bits per heavy atom. The molecule has 2 N–H and O–H groups in total. The van der Waals surface area contributed by atoms with E-state index in [0.29, 0.717) is 12.3 Å². The van der Waals surface area contributed by atoms with Crippen molar-refractivity contribution in [3.63, 3.8) is 0 Å². The van der Waals surface area contributed by atoms with Crippen LogP contribution in [0.25, 0.3) is 0 Å². The molecule has 0 spiro atoms. The number of carbonyl (C=O) groups is 1. The molecule has 1 aromatic rings. The molecule has 0 radical (unpaired) electrons. The van der Waals surface area contributed by atoms with E-state index in [1.54, 1.807) is 0 Å². The Hall–Kier alpha value is -1.15. The summed E-state index contributed by atoms with van der Waals surface area (Å²) in [4.78, 5) is 11.8. The second kappa shape index (κ2) is 4.58. The molecule has 1 unspecified atom stereocenters. The number of benzene rings is 1. The lowest BCUT2D eigenvalue weighted by molar-refractivity contribution is -0.121. The highest BCUT2D eigenvalue weighted by atomic mass is 16.1. The van der Waals surface area contributed by atoms with Crippen molar-refractivity contribution < 1.29 is 4.79 Å². The van der Waals surface area contributed by atoms with Crippen LogP contribution in [0.4, 0.5) is 0 Å². The number of ketones is 1. The number of hydrogen-bond donors (Lipinski definition) is 1. The van der Waals surface area contributed by atoms with Crippen molar-refractivity contribution in [2.75, 3.05) is 0 Å². The Labute approximate surface area is 90.5 Å². The van der Waals surface area contributed by atoms with E-state index in [4.69, 9.17) is 5.73 Å². The average molecular weight is 203 g/mol. The summed E-state index contributed by atoms with van der Waals surface area (Å²) in [5, 5.41) is 0. The minimum Gasteiger partial charge on any atom is -0.318 e. The predicted octanol–water partition coefficient (Wildman–Crippen LogP) is 2.45. The Morgan fingerprint density at radius 3 is 2.53 bits per heavy atom. The number of Topliss-reactive ketones (excluding diaryl/α,β-unsaturated/α-hetero) is 1. The fourth-order valence-corrected chi connectivity index (χ4v) is 1.95. The lowest BCUT2D eigenvalue weighted by atomic mass is 9.80. The van der Waals surface area contributed by atoms with Crippen LogP contribution in [-0.4, -0.2) is 5.78 Å². The first-order chi connectivity index (χ1) is 7.27. The lowest BCUT2D eigenvalue weighted by Gasteiger charge is -2.25. The first-order valence-electron chi connectivity index (χ1n) is 5.60. The topological polar surface area (TPSA) is 43.1 Å². The van der Waals surface area contributed by atoms with E-state index in [1.165, 1.54) is 19.3 Å². The molecule has 0 bridgehead atoms. The molecule has 80 valence electrons. The van der Waals surface area contributed by atoms with Crippen molar-refractivity contribution >= 4 is 5.78 Å². The van der Waals surface area contributed by atoms with Gasteiger partial charge in [-0.2, -0.15) is 0 Å². The van der Waals surface area contributed by atoms with Gasteiger partial charge in [-0.15, -0.1) is 0 Å². The largest absolute Gasteiger partial charge is 0.318 e. The predicted molar refractivity (Wildman–Crippen MR) is 60.3 cm³/mol. The molecule has 1 atom stereocenters. The normalized spacial score (nSPS) is 18.2. The molecule has 0 heterocycles. The fourth-order valence-electron chi connectivity index (χ4n) is 1.95. The van der Waals surface area contributed by atoms with E-state index < -0.39 is 6.04 Å². The van der Waals surface area contributed by atoms with Gasteiger partial charge in [-0.25, -0.2) is 0 Å². The molecule has 2 heteroatoms. The second-order valence-electron chi connectivity index (χ2n) is 4.36. The van der Waals surface area contributed by atoms with Crippen LogP contribution in [0.3, 0.4) is 0 Å². The van der Waals surface area contributed by atoms with E-state index >= 15 is 0 Å². The molecule has 1 saturated carbocycles. The van der Waals surface area contributed by atoms with E-state index in [9.17, 15) is 4.79 Å². The van der Waals surface area contributed by atoms with Crippen LogP contribution in [0.15, 0.2) is 30.3 Å². The molecular weight excluding hydrogens is 186 g/mol. The number of hydrogen-bond acceptors (Lipinski definition) is 2. The van der Waals surface area contributed by atoms with Gasteiger partial charge in [0.15, 0.2) is 5.78 Å². The molecule has 15 heavy (non-hydrogen) atoms. The summed E-state index contributed by atoms with van der Waals surface area (Å²) in [5.74, 6) is 0.790. The van der Waals surface area contributed by atoms with Gasteiger partial charge in [0.05, 0.1) is 6.04 Å². The summed E-state index contributed by atoms with van der Waals surface area (Å²) in [6.45, 7) is 0. The molecule has 1 aliphatic rings. The van der Waals surface area contributed by atoms with Crippen LogP contribution in [0.1, 0.15) is 37.3 Å². The van der Waals surface area contributed by atoms with Crippen LogP contribution in [0.2, 0.25) is 0 Å². The second-order valence-corrected chi connectivity index (χ2v) is 4.36. The quantitative estimate of drug-likeness (QED) is 0.816. The highest BCUT2D eigenvalue weighted by molar-refractivity contribution is 5.85. The Kier molecular flexibility index (Phi) is 3.17. The molecule has 2 rings (SSSR count).